The van der Waals surface area contributed by atoms with Crippen LogP contribution in [0.15, 0.2) is 71.1 Å². The van der Waals surface area contributed by atoms with Gasteiger partial charge in [-0.05, 0) is 55.5 Å². The normalized spacial score (nSPS) is 18.1. The van der Waals surface area contributed by atoms with Crippen LogP contribution >= 0.6 is 0 Å². The predicted molar refractivity (Wildman–Crippen MR) is 136 cm³/mol. The Bertz CT molecular complexity index is 1250. The van der Waals surface area contributed by atoms with Crippen molar-refractivity contribution in [2.75, 3.05) is 26.1 Å². The maximum Gasteiger partial charge on any atom is 0.262 e. The van der Waals surface area contributed by atoms with E-state index in [1.807, 2.05) is 37.4 Å². The summed E-state index contributed by atoms with van der Waals surface area (Å²) in [7, 11) is 3.53. The van der Waals surface area contributed by atoms with Gasteiger partial charge in [0.05, 0.1) is 12.8 Å². The fourth-order valence-corrected chi connectivity index (χ4v) is 5.55. The van der Waals surface area contributed by atoms with Crippen LogP contribution in [-0.2, 0) is 14.4 Å². The summed E-state index contributed by atoms with van der Waals surface area (Å²) >= 11 is 0. The molecule has 3 aliphatic rings. The van der Waals surface area contributed by atoms with Gasteiger partial charge in [-0.3, -0.25) is 14.4 Å². The van der Waals surface area contributed by atoms with E-state index in [1.54, 1.807) is 25.3 Å². The highest BCUT2D eigenvalue weighted by Gasteiger charge is 2.42. The lowest BCUT2D eigenvalue weighted by Gasteiger charge is -2.42. The number of amides is 1. The zero-order valence-corrected chi connectivity index (χ0v) is 20.6. The molecule has 186 valence electrons. The number of ether oxygens (including phenoxy) is 2. The van der Waals surface area contributed by atoms with E-state index < -0.39 is 5.92 Å². The molecule has 2 aliphatic carbocycles. The molecule has 0 aromatic heterocycles. The first kappa shape index (κ1) is 23.9. The van der Waals surface area contributed by atoms with Gasteiger partial charge < -0.3 is 19.7 Å². The third-order valence-corrected chi connectivity index (χ3v) is 7.19. The Labute approximate surface area is 210 Å². The highest BCUT2D eigenvalue weighted by Crippen LogP contribution is 2.48. The van der Waals surface area contributed by atoms with E-state index >= 15 is 0 Å². The third-order valence-electron chi connectivity index (χ3n) is 7.19. The third kappa shape index (κ3) is 4.41. The van der Waals surface area contributed by atoms with Gasteiger partial charge >= 0.3 is 0 Å². The summed E-state index contributed by atoms with van der Waals surface area (Å²) in [4.78, 5) is 40.9. The van der Waals surface area contributed by atoms with Crippen molar-refractivity contribution < 1.29 is 23.9 Å². The van der Waals surface area contributed by atoms with Crippen molar-refractivity contribution in [2.24, 2.45) is 0 Å². The summed E-state index contributed by atoms with van der Waals surface area (Å²) in [6.07, 6.45) is 4.32. The van der Waals surface area contributed by atoms with Gasteiger partial charge in [0.1, 0.15) is 11.5 Å². The van der Waals surface area contributed by atoms with Gasteiger partial charge in [-0.15, -0.1) is 0 Å². The summed E-state index contributed by atoms with van der Waals surface area (Å²) in [5, 5.41) is 2.80. The summed E-state index contributed by atoms with van der Waals surface area (Å²) in [6, 6.07) is 14.6. The average Bonchev–Trinajstić information content (AvgIpc) is 2.89. The minimum absolute atomic E-state index is 0.112. The van der Waals surface area contributed by atoms with Gasteiger partial charge in [-0.2, -0.15) is 0 Å². The second kappa shape index (κ2) is 10.0. The van der Waals surface area contributed by atoms with Crippen molar-refractivity contribution in [2.45, 2.75) is 44.4 Å². The fourth-order valence-electron chi connectivity index (χ4n) is 5.55. The van der Waals surface area contributed by atoms with Gasteiger partial charge in [0.2, 0.25) is 0 Å². The molecule has 0 spiro atoms. The number of benzene rings is 2. The highest BCUT2D eigenvalue weighted by atomic mass is 16.5. The Hall–Kier alpha value is -3.87. The Balaban J connectivity index is 1.41. The second-order valence-corrected chi connectivity index (χ2v) is 9.38. The Morgan fingerprint density at radius 1 is 0.944 bits per heavy atom. The quantitative estimate of drug-likeness (QED) is 0.634. The van der Waals surface area contributed by atoms with Crippen molar-refractivity contribution in [1.82, 2.24) is 4.90 Å². The molecule has 0 saturated carbocycles. The lowest BCUT2D eigenvalue weighted by molar-refractivity contribution is -0.118. The van der Waals surface area contributed by atoms with Crippen molar-refractivity contribution in [3.63, 3.8) is 0 Å². The van der Waals surface area contributed by atoms with Crippen molar-refractivity contribution in [1.29, 1.82) is 0 Å². The molecule has 5 rings (SSSR count). The summed E-state index contributed by atoms with van der Waals surface area (Å²) in [6.45, 7) is -0.186. The van der Waals surface area contributed by atoms with Gasteiger partial charge in [-0.25, -0.2) is 0 Å². The van der Waals surface area contributed by atoms with E-state index in [2.05, 4.69) is 10.2 Å². The molecule has 0 fully saturated rings. The van der Waals surface area contributed by atoms with Crippen LogP contribution in [0.4, 0.5) is 5.69 Å². The number of methoxy groups -OCH3 is 1. The molecule has 0 unspecified atom stereocenters. The van der Waals surface area contributed by atoms with Gasteiger partial charge in [0.15, 0.2) is 18.2 Å². The summed E-state index contributed by atoms with van der Waals surface area (Å²) in [5.74, 6) is 0.595. The first-order chi connectivity index (χ1) is 17.5. The number of ketones is 2. The molecule has 1 aliphatic heterocycles. The molecule has 1 heterocycles. The van der Waals surface area contributed by atoms with Gasteiger partial charge in [0.25, 0.3) is 5.91 Å². The van der Waals surface area contributed by atoms with Crippen LogP contribution in [0, 0.1) is 0 Å². The maximum atomic E-state index is 13.2. The molecular weight excluding hydrogens is 456 g/mol. The lowest BCUT2D eigenvalue weighted by Crippen LogP contribution is -2.37. The SMILES string of the molecule is COc1ccccc1NC(=O)COc1cccc(C2C3=C(CCCC3=O)N(C)C3=C2C(=O)CCC3)c1. The van der Waals surface area contributed by atoms with Crippen LogP contribution in [-0.4, -0.2) is 43.1 Å². The molecule has 1 N–H and O–H groups in total. The molecule has 1 amide bonds. The van der Waals surface area contributed by atoms with E-state index in [9.17, 15) is 14.4 Å². The van der Waals surface area contributed by atoms with Crippen LogP contribution in [0.3, 0.4) is 0 Å². The number of hydrogen-bond donors (Lipinski definition) is 1. The lowest BCUT2D eigenvalue weighted by atomic mass is 9.71. The molecule has 0 atom stereocenters. The molecule has 7 heteroatoms. The zero-order chi connectivity index (χ0) is 25.2. The molecule has 2 aromatic carbocycles. The number of para-hydroxylation sites is 2. The highest BCUT2D eigenvalue weighted by molar-refractivity contribution is 6.06. The minimum atomic E-state index is -0.391. The first-order valence-corrected chi connectivity index (χ1v) is 12.4. The number of hydrogen-bond acceptors (Lipinski definition) is 6. The topological polar surface area (TPSA) is 84.9 Å². The van der Waals surface area contributed by atoms with E-state index in [0.29, 0.717) is 30.0 Å². The van der Waals surface area contributed by atoms with Crippen molar-refractivity contribution >= 4 is 23.2 Å². The first-order valence-electron chi connectivity index (χ1n) is 12.4. The van der Waals surface area contributed by atoms with Crippen LogP contribution in [0.25, 0.3) is 0 Å². The van der Waals surface area contributed by atoms with Crippen LogP contribution in [0.1, 0.15) is 50.0 Å². The monoisotopic (exact) mass is 486 g/mol. The zero-order valence-electron chi connectivity index (χ0n) is 20.6. The fraction of sp³-hybridized carbons (Fsp3) is 0.345. The van der Waals surface area contributed by atoms with E-state index in [0.717, 1.165) is 53.8 Å². The summed E-state index contributed by atoms with van der Waals surface area (Å²) < 4.78 is 11.1. The number of anilines is 1. The predicted octanol–water partition coefficient (Wildman–Crippen LogP) is 4.76. The Morgan fingerprint density at radius 3 is 2.28 bits per heavy atom. The van der Waals surface area contributed by atoms with E-state index in [4.69, 9.17) is 9.47 Å². The Morgan fingerprint density at radius 2 is 1.61 bits per heavy atom. The number of rotatable bonds is 6. The minimum Gasteiger partial charge on any atom is -0.495 e. The smallest absolute Gasteiger partial charge is 0.262 e. The van der Waals surface area contributed by atoms with Crippen molar-refractivity contribution in [3.8, 4) is 11.5 Å². The molecule has 2 aromatic rings. The molecular formula is C29H30N2O5. The van der Waals surface area contributed by atoms with E-state index in [-0.39, 0.29) is 24.1 Å². The van der Waals surface area contributed by atoms with Gasteiger partial charge in [-0.1, -0.05) is 24.3 Å². The number of carbonyl (C=O) groups excluding carboxylic acids is 3. The Kier molecular flexibility index (Phi) is 6.63. The van der Waals surface area contributed by atoms with Crippen LogP contribution in [0.5, 0.6) is 11.5 Å². The maximum absolute atomic E-state index is 13.2. The van der Waals surface area contributed by atoms with Crippen LogP contribution in [0.2, 0.25) is 0 Å². The molecule has 0 saturated heterocycles. The average molecular weight is 487 g/mol. The number of allylic oxidation sites excluding steroid dienone is 4. The van der Waals surface area contributed by atoms with Gasteiger partial charge in [0, 0.05) is 48.3 Å². The second-order valence-electron chi connectivity index (χ2n) is 9.38. The molecule has 36 heavy (non-hydrogen) atoms. The van der Waals surface area contributed by atoms with Crippen molar-refractivity contribution in [3.05, 3.63) is 76.6 Å². The van der Waals surface area contributed by atoms with Crippen LogP contribution < -0.4 is 14.8 Å². The largest absolute Gasteiger partial charge is 0.495 e. The summed E-state index contributed by atoms with van der Waals surface area (Å²) in [5.41, 5.74) is 4.96. The standard InChI is InChI=1S/C29H30N2O5/c1-31-21-11-6-13-23(32)28(21)27(29-22(31)12-7-14-24(29)33)18-8-5-9-19(16-18)36-17-26(34)30-20-10-3-4-15-25(20)35-2/h3-5,8-10,15-16,27H,6-7,11-14,17H2,1-2H3,(H,30,34). The number of nitrogens with one attached hydrogen (secondary N) is 1. The molecule has 0 radical (unpaired) electrons. The number of carbonyl (C=O) groups is 3. The number of nitrogens with zero attached hydrogens (tertiary/aromatic N) is 1. The number of Topliss-reactive ketones (excluding diaryl/α,β-unsaturated/α-hetero) is 2. The molecule has 7 nitrogen and oxygen atoms in total. The molecule has 0 bridgehead atoms. The van der Waals surface area contributed by atoms with E-state index in [1.165, 1.54) is 0 Å².